The summed E-state index contributed by atoms with van der Waals surface area (Å²) in [5.74, 6) is -1.10. The molecule has 2 N–H and O–H groups in total. The minimum absolute atomic E-state index is 0.0387. The molecule has 0 unspecified atom stereocenters. The topological polar surface area (TPSA) is 84.0 Å². The second-order valence-electron chi connectivity index (χ2n) is 6.68. The quantitative estimate of drug-likeness (QED) is 0.579. The molecule has 0 aliphatic heterocycles. The van der Waals surface area contributed by atoms with E-state index in [1.807, 2.05) is 32.0 Å². The number of thiazole rings is 1. The summed E-state index contributed by atoms with van der Waals surface area (Å²) in [6.45, 7) is 4.05. The molecule has 0 saturated carbocycles. The van der Waals surface area contributed by atoms with Gasteiger partial charge < -0.3 is 10.6 Å². The highest BCUT2D eigenvalue weighted by atomic mass is 32.1. The second kappa shape index (κ2) is 8.62. The van der Waals surface area contributed by atoms with Crippen molar-refractivity contribution in [3.8, 4) is 0 Å². The zero-order valence-electron chi connectivity index (χ0n) is 15.9. The van der Waals surface area contributed by atoms with Gasteiger partial charge in [0.2, 0.25) is 0 Å². The molecule has 0 spiro atoms. The Morgan fingerprint density at radius 3 is 2.53 bits per heavy atom. The maximum atomic E-state index is 12.8. The van der Waals surface area contributed by atoms with Gasteiger partial charge in [-0.2, -0.15) is 13.2 Å². The smallest absolute Gasteiger partial charge is 0.321 e. The van der Waals surface area contributed by atoms with Crippen molar-refractivity contribution in [3.63, 3.8) is 0 Å². The van der Waals surface area contributed by atoms with E-state index in [1.165, 1.54) is 5.51 Å². The lowest BCUT2D eigenvalue weighted by atomic mass is 10.0. The summed E-state index contributed by atoms with van der Waals surface area (Å²) >= 11 is 0.983. The van der Waals surface area contributed by atoms with Gasteiger partial charge in [-0.3, -0.25) is 14.6 Å². The number of alkyl halides is 3. The van der Waals surface area contributed by atoms with Gasteiger partial charge in [-0.15, -0.1) is 11.3 Å². The minimum Gasteiger partial charge on any atom is -0.321 e. The highest BCUT2D eigenvalue weighted by Gasteiger charge is 2.31. The van der Waals surface area contributed by atoms with Crippen molar-refractivity contribution < 1.29 is 22.8 Å². The lowest BCUT2D eigenvalue weighted by Crippen LogP contribution is -2.18. The first-order chi connectivity index (χ1) is 14.1. The molecule has 2 heterocycles. The van der Waals surface area contributed by atoms with Gasteiger partial charge >= 0.3 is 6.18 Å². The molecule has 1 aromatic carbocycles. The number of aromatic nitrogens is 2. The van der Waals surface area contributed by atoms with Gasteiger partial charge in [0.05, 0.1) is 16.6 Å². The number of rotatable bonds is 5. The summed E-state index contributed by atoms with van der Waals surface area (Å²) in [4.78, 5) is 32.4. The zero-order chi connectivity index (χ0) is 21.9. The number of halogens is 3. The molecule has 2 aromatic heterocycles. The number of anilines is 2. The van der Waals surface area contributed by atoms with Gasteiger partial charge in [0, 0.05) is 18.1 Å². The number of carbonyl (C=O) groups is 2. The molecular formula is C20H17F3N4O2S. The van der Waals surface area contributed by atoms with Crippen molar-refractivity contribution in [1.29, 1.82) is 0 Å². The van der Waals surface area contributed by atoms with Crippen molar-refractivity contribution in [2.75, 3.05) is 10.6 Å². The molecule has 2 amide bonds. The summed E-state index contributed by atoms with van der Waals surface area (Å²) in [7, 11) is 0. The minimum atomic E-state index is -4.62. The van der Waals surface area contributed by atoms with Crippen molar-refractivity contribution in [3.05, 3.63) is 70.6 Å². The molecule has 0 atom stereocenters. The van der Waals surface area contributed by atoms with Crippen LogP contribution in [0, 0.1) is 0 Å². The Bertz CT molecular complexity index is 1080. The van der Waals surface area contributed by atoms with Gasteiger partial charge in [0.15, 0.2) is 5.69 Å². The Morgan fingerprint density at radius 1 is 1.07 bits per heavy atom. The molecule has 6 nitrogen and oxygen atoms in total. The molecule has 10 heteroatoms. The standard InChI is InChI=1S/C20H17F3N4O2S/c1-11(2)12-4-3-5-15(7-12)26-18(29)16-19(30-10-25-16)27-17(28)13-6-14(9-24-8-13)20(21,22)23/h3-11H,1-2H3,(H,26,29)(H,27,28). The zero-order valence-corrected chi connectivity index (χ0v) is 16.8. The Kier molecular flexibility index (Phi) is 6.16. The Balaban J connectivity index is 1.76. The number of hydrogen-bond donors (Lipinski definition) is 2. The average Bonchev–Trinajstić information content (AvgIpc) is 3.16. The predicted molar refractivity (Wildman–Crippen MR) is 108 cm³/mol. The second-order valence-corrected chi connectivity index (χ2v) is 7.53. The largest absolute Gasteiger partial charge is 0.417 e. The molecule has 0 bridgehead atoms. The summed E-state index contributed by atoms with van der Waals surface area (Å²) in [6.07, 6.45) is -2.97. The number of carbonyl (C=O) groups excluding carboxylic acids is 2. The van der Waals surface area contributed by atoms with E-state index in [0.29, 0.717) is 18.0 Å². The first kappa shape index (κ1) is 21.4. The highest BCUT2D eigenvalue weighted by Crippen LogP contribution is 2.29. The highest BCUT2D eigenvalue weighted by molar-refractivity contribution is 7.14. The SMILES string of the molecule is CC(C)c1cccc(NC(=O)c2ncsc2NC(=O)c2cncc(C(F)(F)F)c2)c1. The summed E-state index contributed by atoms with van der Waals surface area (Å²) in [6, 6.07) is 8.01. The molecule has 30 heavy (non-hydrogen) atoms. The van der Waals surface area contributed by atoms with E-state index >= 15 is 0 Å². The van der Waals surface area contributed by atoms with Crippen LogP contribution in [0.1, 0.15) is 51.7 Å². The van der Waals surface area contributed by atoms with E-state index in [9.17, 15) is 22.8 Å². The van der Waals surface area contributed by atoms with Crippen LogP contribution < -0.4 is 10.6 Å². The number of nitrogens with zero attached hydrogens (tertiary/aromatic N) is 2. The third-order valence-corrected chi connectivity index (χ3v) is 4.89. The van der Waals surface area contributed by atoms with Crippen LogP contribution in [0.15, 0.2) is 48.2 Å². The number of benzene rings is 1. The number of nitrogens with one attached hydrogen (secondary N) is 2. The molecule has 3 rings (SSSR count). The van der Waals surface area contributed by atoms with Crippen molar-refractivity contribution in [2.45, 2.75) is 25.9 Å². The summed E-state index contributed by atoms with van der Waals surface area (Å²) < 4.78 is 38.5. The van der Waals surface area contributed by atoms with E-state index in [2.05, 4.69) is 20.6 Å². The molecule has 0 aliphatic carbocycles. The predicted octanol–water partition coefficient (Wildman–Crippen LogP) is 5.18. The van der Waals surface area contributed by atoms with Crippen LogP contribution in [0.2, 0.25) is 0 Å². The average molecular weight is 434 g/mol. The molecule has 0 fully saturated rings. The number of pyridine rings is 1. The summed E-state index contributed by atoms with van der Waals surface area (Å²) in [5, 5.41) is 5.27. The van der Waals surface area contributed by atoms with E-state index in [-0.39, 0.29) is 22.2 Å². The van der Waals surface area contributed by atoms with Crippen LogP contribution in [0.25, 0.3) is 0 Å². The first-order valence-corrected chi connectivity index (χ1v) is 9.71. The van der Waals surface area contributed by atoms with Crippen LogP contribution in [0.5, 0.6) is 0 Å². The van der Waals surface area contributed by atoms with Crippen LogP contribution >= 0.6 is 11.3 Å². The number of amides is 2. The molecule has 156 valence electrons. The van der Waals surface area contributed by atoms with Gasteiger partial charge in [-0.25, -0.2) is 4.98 Å². The lowest BCUT2D eigenvalue weighted by Gasteiger charge is -2.10. The van der Waals surface area contributed by atoms with E-state index in [0.717, 1.165) is 23.1 Å². The van der Waals surface area contributed by atoms with Crippen LogP contribution in [-0.2, 0) is 6.18 Å². The third-order valence-electron chi connectivity index (χ3n) is 4.15. The molecule has 0 aliphatic rings. The molecule has 3 aromatic rings. The third kappa shape index (κ3) is 5.01. The van der Waals surface area contributed by atoms with Gasteiger partial charge in [0.25, 0.3) is 11.8 Å². The van der Waals surface area contributed by atoms with E-state index in [1.54, 1.807) is 6.07 Å². The van der Waals surface area contributed by atoms with E-state index in [4.69, 9.17) is 0 Å². The van der Waals surface area contributed by atoms with Crippen LogP contribution in [0.3, 0.4) is 0 Å². The fraction of sp³-hybridized carbons (Fsp3) is 0.200. The van der Waals surface area contributed by atoms with Crippen molar-refractivity contribution >= 4 is 33.8 Å². The Labute approximate surface area is 174 Å². The van der Waals surface area contributed by atoms with E-state index < -0.39 is 23.6 Å². The Morgan fingerprint density at radius 2 is 1.83 bits per heavy atom. The lowest BCUT2D eigenvalue weighted by molar-refractivity contribution is -0.137. The molecule has 0 saturated heterocycles. The first-order valence-electron chi connectivity index (χ1n) is 8.83. The molecular weight excluding hydrogens is 417 g/mol. The van der Waals surface area contributed by atoms with Gasteiger partial charge in [-0.1, -0.05) is 26.0 Å². The Hall–Kier alpha value is -3.27. The van der Waals surface area contributed by atoms with Crippen LogP contribution in [-0.4, -0.2) is 21.8 Å². The maximum Gasteiger partial charge on any atom is 0.417 e. The fourth-order valence-electron chi connectivity index (χ4n) is 2.56. The van der Waals surface area contributed by atoms with Crippen LogP contribution in [0.4, 0.5) is 23.9 Å². The normalized spacial score (nSPS) is 11.4. The fourth-order valence-corrected chi connectivity index (χ4v) is 3.23. The van der Waals surface area contributed by atoms with Gasteiger partial charge in [-0.05, 0) is 29.7 Å². The molecule has 0 radical (unpaired) electrons. The summed E-state index contributed by atoms with van der Waals surface area (Å²) in [5.41, 5.74) is 1.61. The monoisotopic (exact) mass is 434 g/mol. The maximum absolute atomic E-state index is 12.8. The van der Waals surface area contributed by atoms with Crippen molar-refractivity contribution in [2.24, 2.45) is 0 Å². The van der Waals surface area contributed by atoms with Crippen molar-refractivity contribution in [1.82, 2.24) is 9.97 Å². The number of hydrogen-bond acceptors (Lipinski definition) is 5. The van der Waals surface area contributed by atoms with Gasteiger partial charge in [0.1, 0.15) is 5.00 Å².